The number of ether oxygens (including phenoxy) is 2. The van der Waals surface area contributed by atoms with E-state index < -0.39 is 5.97 Å². The maximum atomic E-state index is 11.5. The highest BCUT2D eigenvalue weighted by Gasteiger charge is 2.09. The van der Waals surface area contributed by atoms with Gasteiger partial charge in [0.25, 0.3) is 0 Å². The summed E-state index contributed by atoms with van der Waals surface area (Å²) in [6, 6.07) is 8.65. The first-order valence-corrected chi connectivity index (χ1v) is 6.80. The van der Waals surface area contributed by atoms with E-state index in [1.165, 1.54) is 12.4 Å². The van der Waals surface area contributed by atoms with Crippen molar-refractivity contribution in [1.29, 1.82) is 5.26 Å². The molecule has 0 aromatic carbocycles. The molecule has 116 valence electrons. The number of esters is 1. The van der Waals surface area contributed by atoms with Crippen LogP contribution in [-0.4, -0.2) is 22.5 Å². The van der Waals surface area contributed by atoms with E-state index in [0.29, 0.717) is 17.3 Å². The summed E-state index contributed by atoms with van der Waals surface area (Å²) in [6.45, 7) is 1.88. The summed E-state index contributed by atoms with van der Waals surface area (Å²) in [4.78, 5) is 19.5. The van der Waals surface area contributed by atoms with E-state index in [9.17, 15) is 4.79 Å². The number of nitrogens with one attached hydrogen (secondary N) is 1. The monoisotopic (exact) mass is 310 g/mol. The zero-order chi connectivity index (χ0) is 16.5. The fourth-order valence-corrected chi connectivity index (χ4v) is 1.56. The molecular weight excluding hydrogens is 296 g/mol. The highest BCUT2D eigenvalue weighted by molar-refractivity contribution is 5.93. The lowest BCUT2D eigenvalue weighted by atomic mass is 10.3. The maximum Gasteiger partial charge on any atom is 0.350 e. The van der Waals surface area contributed by atoms with E-state index in [2.05, 4.69) is 15.3 Å². The number of aromatic nitrogens is 2. The molecule has 0 amide bonds. The first-order chi connectivity index (χ1) is 11.2. The van der Waals surface area contributed by atoms with Crippen LogP contribution in [0.2, 0.25) is 0 Å². The smallest absolute Gasteiger partial charge is 0.350 e. The van der Waals surface area contributed by atoms with E-state index in [1.54, 1.807) is 49.7 Å². The van der Waals surface area contributed by atoms with Crippen molar-refractivity contribution in [1.82, 2.24) is 9.97 Å². The SMILES string of the molecule is CCOC(=O)/C(C#N)=C\Nc1ccc(Oc2cccnc2)nc1. The number of carbonyl (C=O) groups is 1. The quantitative estimate of drug-likeness (QED) is 0.497. The van der Waals surface area contributed by atoms with Crippen molar-refractivity contribution in [3.8, 4) is 17.7 Å². The number of nitriles is 1. The minimum absolute atomic E-state index is 0.123. The minimum Gasteiger partial charge on any atom is -0.462 e. The summed E-state index contributed by atoms with van der Waals surface area (Å²) in [6.07, 6.45) is 6.02. The van der Waals surface area contributed by atoms with Crippen LogP contribution in [0.3, 0.4) is 0 Å². The Bertz CT molecular complexity index is 721. The number of hydrogen-bond donors (Lipinski definition) is 1. The van der Waals surface area contributed by atoms with Gasteiger partial charge in [-0.15, -0.1) is 0 Å². The molecule has 0 saturated heterocycles. The predicted molar refractivity (Wildman–Crippen MR) is 82.5 cm³/mol. The van der Waals surface area contributed by atoms with Crippen molar-refractivity contribution < 1.29 is 14.3 Å². The van der Waals surface area contributed by atoms with E-state index in [4.69, 9.17) is 14.7 Å². The van der Waals surface area contributed by atoms with Crippen molar-refractivity contribution in [2.45, 2.75) is 6.92 Å². The third kappa shape index (κ3) is 4.82. The zero-order valence-electron chi connectivity index (χ0n) is 12.4. The van der Waals surface area contributed by atoms with Crippen molar-refractivity contribution in [3.63, 3.8) is 0 Å². The normalized spacial score (nSPS) is 10.5. The molecule has 1 N–H and O–H groups in total. The molecule has 0 saturated carbocycles. The van der Waals surface area contributed by atoms with Gasteiger partial charge in [0.15, 0.2) is 5.57 Å². The lowest BCUT2D eigenvalue weighted by Gasteiger charge is -2.05. The second-order valence-electron chi connectivity index (χ2n) is 4.21. The van der Waals surface area contributed by atoms with Gasteiger partial charge in [-0.2, -0.15) is 5.26 Å². The summed E-state index contributed by atoms with van der Waals surface area (Å²) < 4.78 is 10.3. The highest BCUT2D eigenvalue weighted by Crippen LogP contribution is 2.19. The molecule has 23 heavy (non-hydrogen) atoms. The van der Waals surface area contributed by atoms with Crippen LogP contribution >= 0.6 is 0 Å². The molecule has 0 fully saturated rings. The van der Waals surface area contributed by atoms with Crippen LogP contribution in [0.25, 0.3) is 0 Å². The van der Waals surface area contributed by atoms with Gasteiger partial charge in [0.1, 0.15) is 11.8 Å². The fourth-order valence-electron chi connectivity index (χ4n) is 1.56. The van der Waals surface area contributed by atoms with Gasteiger partial charge >= 0.3 is 5.97 Å². The lowest BCUT2D eigenvalue weighted by molar-refractivity contribution is -0.138. The Morgan fingerprint density at radius 3 is 2.87 bits per heavy atom. The van der Waals surface area contributed by atoms with E-state index in [0.717, 1.165) is 0 Å². The van der Waals surface area contributed by atoms with Gasteiger partial charge in [0, 0.05) is 18.5 Å². The Balaban J connectivity index is 2.00. The molecule has 2 heterocycles. The van der Waals surface area contributed by atoms with E-state index >= 15 is 0 Å². The molecule has 0 spiro atoms. The average molecular weight is 310 g/mol. The van der Waals surface area contributed by atoms with E-state index in [1.807, 2.05) is 0 Å². The zero-order valence-corrected chi connectivity index (χ0v) is 12.4. The fraction of sp³-hybridized carbons (Fsp3) is 0.125. The van der Waals surface area contributed by atoms with Crippen LogP contribution in [0.5, 0.6) is 11.6 Å². The van der Waals surface area contributed by atoms with Gasteiger partial charge in [-0.3, -0.25) is 4.98 Å². The summed E-state index contributed by atoms with van der Waals surface area (Å²) >= 11 is 0. The Morgan fingerprint density at radius 1 is 1.39 bits per heavy atom. The number of anilines is 1. The molecule has 2 rings (SSSR count). The van der Waals surface area contributed by atoms with Gasteiger partial charge in [0.05, 0.1) is 24.7 Å². The van der Waals surface area contributed by atoms with Gasteiger partial charge in [-0.05, 0) is 25.1 Å². The summed E-state index contributed by atoms with van der Waals surface area (Å²) in [5.41, 5.74) is 0.475. The Morgan fingerprint density at radius 2 is 2.26 bits per heavy atom. The summed E-state index contributed by atoms with van der Waals surface area (Å²) in [5, 5.41) is 11.7. The molecule has 2 aromatic rings. The minimum atomic E-state index is -0.674. The highest BCUT2D eigenvalue weighted by atomic mass is 16.5. The molecule has 0 aliphatic heterocycles. The topological polar surface area (TPSA) is 97.1 Å². The Labute approximate surface area is 133 Å². The van der Waals surface area contributed by atoms with Crippen molar-refractivity contribution >= 4 is 11.7 Å². The first-order valence-electron chi connectivity index (χ1n) is 6.80. The predicted octanol–water partition coefficient (Wildman–Crippen LogP) is 2.65. The number of hydrogen-bond acceptors (Lipinski definition) is 7. The summed E-state index contributed by atoms with van der Waals surface area (Å²) in [7, 11) is 0. The molecule has 0 unspecified atom stereocenters. The maximum absolute atomic E-state index is 11.5. The standard InChI is InChI=1S/C16H14N4O3/c1-2-22-16(21)12(8-17)9-19-13-5-6-15(20-10-13)23-14-4-3-7-18-11-14/h3-7,9-11,19H,2H2,1H3/b12-9-. The van der Waals surface area contributed by atoms with Crippen LogP contribution < -0.4 is 10.1 Å². The molecule has 2 aromatic heterocycles. The Hall–Kier alpha value is -3.40. The van der Waals surface area contributed by atoms with Gasteiger partial charge < -0.3 is 14.8 Å². The number of pyridine rings is 2. The van der Waals surface area contributed by atoms with Gasteiger partial charge in [0.2, 0.25) is 5.88 Å². The molecule has 0 aliphatic carbocycles. The second kappa shape index (κ2) is 8.14. The molecule has 0 aliphatic rings. The van der Waals surface area contributed by atoms with Crippen molar-refractivity contribution in [2.24, 2.45) is 0 Å². The first kappa shape index (κ1) is 16.0. The van der Waals surface area contributed by atoms with Crippen LogP contribution in [-0.2, 0) is 9.53 Å². The third-order valence-corrected chi connectivity index (χ3v) is 2.59. The van der Waals surface area contributed by atoms with Crippen molar-refractivity contribution in [3.05, 3.63) is 54.6 Å². The number of carbonyl (C=O) groups excluding carboxylic acids is 1. The molecule has 0 bridgehead atoms. The Kier molecular flexibility index (Phi) is 5.66. The number of nitrogens with zero attached hydrogens (tertiary/aromatic N) is 3. The molecular formula is C16H14N4O3. The van der Waals surface area contributed by atoms with Crippen molar-refractivity contribution in [2.75, 3.05) is 11.9 Å². The summed E-state index contributed by atoms with van der Waals surface area (Å²) in [5.74, 6) is 0.306. The van der Waals surface area contributed by atoms with E-state index in [-0.39, 0.29) is 12.2 Å². The number of rotatable bonds is 6. The van der Waals surface area contributed by atoms with Crippen LogP contribution in [0.1, 0.15) is 6.92 Å². The second-order valence-corrected chi connectivity index (χ2v) is 4.21. The largest absolute Gasteiger partial charge is 0.462 e. The van der Waals surface area contributed by atoms with Crippen LogP contribution in [0, 0.1) is 11.3 Å². The van der Waals surface area contributed by atoms with Gasteiger partial charge in [-0.1, -0.05) is 0 Å². The average Bonchev–Trinajstić information content (AvgIpc) is 2.58. The lowest BCUT2D eigenvalue weighted by Crippen LogP contribution is -2.07. The van der Waals surface area contributed by atoms with Crippen LogP contribution in [0.4, 0.5) is 5.69 Å². The molecule has 0 radical (unpaired) electrons. The van der Waals surface area contributed by atoms with Gasteiger partial charge in [-0.25, -0.2) is 9.78 Å². The third-order valence-electron chi connectivity index (χ3n) is 2.59. The van der Waals surface area contributed by atoms with Crippen LogP contribution in [0.15, 0.2) is 54.6 Å². The molecule has 7 nitrogen and oxygen atoms in total. The molecule has 0 atom stereocenters. The molecule has 7 heteroatoms.